The Kier molecular flexibility index (Phi) is 4.90. The van der Waals surface area contributed by atoms with Crippen LogP contribution in [-0.2, 0) is 0 Å². The van der Waals surface area contributed by atoms with Crippen molar-refractivity contribution in [2.75, 3.05) is 6.54 Å². The molecule has 0 aromatic heterocycles. The van der Waals surface area contributed by atoms with Gasteiger partial charge in [0.1, 0.15) is 0 Å². The molecule has 0 atom stereocenters. The highest BCUT2D eigenvalue weighted by atomic mass is 15.2. The van der Waals surface area contributed by atoms with E-state index in [1.165, 1.54) is 64.2 Å². The number of nitrogens with zero attached hydrogens (tertiary/aromatic N) is 1. The molecule has 92 valence electrons. The average Bonchev–Trinajstić information content (AvgIpc) is 2.38. The van der Waals surface area contributed by atoms with Crippen LogP contribution < -0.4 is 0 Å². The Balaban J connectivity index is 1.93. The molecular formula is C15H27N. The van der Waals surface area contributed by atoms with E-state index in [-0.39, 0.29) is 0 Å². The lowest BCUT2D eigenvalue weighted by Crippen LogP contribution is -2.45. The summed E-state index contributed by atoms with van der Waals surface area (Å²) in [6.45, 7) is 5.07. The summed E-state index contributed by atoms with van der Waals surface area (Å²) in [6.07, 6.45) is 16.6. The summed E-state index contributed by atoms with van der Waals surface area (Å²) in [5.74, 6) is 0. The second-order valence-electron chi connectivity index (χ2n) is 5.57. The molecule has 2 aliphatic rings. The zero-order valence-corrected chi connectivity index (χ0v) is 10.7. The lowest BCUT2D eigenvalue weighted by atomic mass is 9.88. The maximum absolute atomic E-state index is 3.95. The van der Waals surface area contributed by atoms with Gasteiger partial charge in [-0.15, -0.1) is 6.58 Å². The van der Waals surface area contributed by atoms with E-state index in [9.17, 15) is 0 Å². The van der Waals surface area contributed by atoms with Crippen molar-refractivity contribution in [3.8, 4) is 0 Å². The van der Waals surface area contributed by atoms with Crippen LogP contribution in [0.15, 0.2) is 12.7 Å². The smallest absolute Gasteiger partial charge is 0.0166 e. The minimum Gasteiger partial charge on any atom is -0.294 e. The minimum absolute atomic E-state index is 0.870. The van der Waals surface area contributed by atoms with Gasteiger partial charge in [-0.25, -0.2) is 0 Å². The van der Waals surface area contributed by atoms with Crippen LogP contribution in [0.1, 0.15) is 64.2 Å². The first kappa shape index (κ1) is 12.2. The molecule has 1 heteroatoms. The maximum Gasteiger partial charge on any atom is 0.0166 e. The van der Waals surface area contributed by atoms with Crippen molar-refractivity contribution in [3.05, 3.63) is 12.7 Å². The summed E-state index contributed by atoms with van der Waals surface area (Å²) in [4.78, 5) is 2.78. The quantitative estimate of drug-likeness (QED) is 0.645. The van der Waals surface area contributed by atoms with Crippen molar-refractivity contribution < 1.29 is 0 Å². The van der Waals surface area contributed by atoms with E-state index in [1.54, 1.807) is 0 Å². The van der Waals surface area contributed by atoms with E-state index >= 15 is 0 Å². The van der Waals surface area contributed by atoms with Gasteiger partial charge in [-0.2, -0.15) is 0 Å². The third kappa shape index (κ3) is 3.10. The highest BCUT2D eigenvalue weighted by Gasteiger charge is 2.27. The molecule has 0 saturated heterocycles. The zero-order chi connectivity index (χ0) is 11.2. The fraction of sp³-hybridized carbons (Fsp3) is 0.867. The van der Waals surface area contributed by atoms with Crippen LogP contribution in [0.4, 0.5) is 0 Å². The fourth-order valence-corrected chi connectivity index (χ4v) is 3.57. The Morgan fingerprint density at radius 2 is 1.25 bits per heavy atom. The molecule has 2 saturated carbocycles. The molecule has 16 heavy (non-hydrogen) atoms. The van der Waals surface area contributed by atoms with Gasteiger partial charge in [0.25, 0.3) is 0 Å². The van der Waals surface area contributed by atoms with E-state index in [0.717, 1.165) is 18.6 Å². The molecule has 0 amide bonds. The fourth-order valence-electron chi connectivity index (χ4n) is 3.57. The molecule has 0 spiro atoms. The van der Waals surface area contributed by atoms with E-state index in [0.29, 0.717) is 0 Å². The second kappa shape index (κ2) is 6.44. The topological polar surface area (TPSA) is 3.24 Å². The van der Waals surface area contributed by atoms with Gasteiger partial charge in [0.05, 0.1) is 0 Å². The number of rotatable bonds is 4. The molecule has 2 rings (SSSR count). The van der Waals surface area contributed by atoms with Crippen molar-refractivity contribution in [2.24, 2.45) is 0 Å². The zero-order valence-electron chi connectivity index (χ0n) is 10.7. The van der Waals surface area contributed by atoms with Gasteiger partial charge in [-0.1, -0.05) is 44.6 Å². The van der Waals surface area contributed by atoms with Gasteiger partial charge < -0.3 is 0 Å². The highest BCUT2D eigenvalue weighted by molar-refractivity contribution is 4.87. The van der Waals surface area contributed by atoms with E-state index in [1.807, 2.05) is 0 Å². The first-order valence-corrected chi connectivity index (χ1v) is 7.28. The summed E-state index contributed by atoms with van der Waals surface area (Å²) in [5, 5.41) is 0. The van der Waals surface area contributed by atoms with Crippen LogP contribution in [0, 0.1) is 0 Å². The van der Waals surface area contributed by atoms with Gasteiger partial charge in [0, 0.05) is 18.6 Å². The second-order valence-corrected chi connectivity index (χ2v) is 5.57. The Bertz CT molecular complexity index is 181. The van der Waals surface area contributed by atoms with Crippen LogP contribution in [-0.4, -0.2) is 23.5 Å². The first-order valence-electron chi connectivity index (χ1n) is 7.28. The monoisotopic (exact) mass is 221 g/mol. The normalized spacial score (nSPS) is 24.8. The van der Waals surface area contributed by atoms with Crippen LogP contribution in [0.5, 0.6) is 0 Å². The number of hydrogen-bond donors (Lipinski definition) is 0. The van der Waals surface area contributed by atoms with Gasteiger partial charge in [-0.05, 0) is 25.7 Å². The Labute approximate surface area is 101 Å². The number of hydrogen-bond acceptors (Lipinski definition) is 1. The lowest BCUT2D eigenvalue weighted by Gasteiger charge is -2.41. The molecule has 2 aliphatic carbocycles. The van der Waals surface area contributed by atoms with Crippen LogP contribution in [0.2, 0.25) is 0 Å². The maximum atomic E-state index is 3.95. The largest absolute Gasteiger partial charge is 0.294 e. The molecule has 0 bridgehead atoms. The predicted molar refractivity (Wildman–Crippen MR) is 70.6 cm³/mol. The molecule has 0 aliphatic heterocycles. The van der Waals surface area contributed by atoms with Gasteiger partial charge in [0.15, 0.2) is 0 Å². The van der Waals surface area contributed by atoms with Gasteiger partial charge in [0.2, 0.25) is 0 Å². The average molecular weight is 221 g/mol. The van der Waals surface area contributed by atoms with Crippen molar-refractivity contribution in [1.29, 1.82) is 0 Å². The van der Waals surface area contributed by atoms with E-state index in [4.69, 9.17) is 0 Å². The standard InChI is InChI=1S/C15H27N/c1-2-13-16(14-9-5-3-6-10-14)15-11-7-4-8-12-15/h2,14-15H,1,3-13H2. The molecule has 0 aromatic rings. The molecule has 2 fully saturated rings. The van der Waals surface area contributed by atoms with Crippen molar-refractivity contribution in [3.63, 3.8) is 0 Å². The van der Waals surface area contributed by atoms with Gasteiger partial charge in [-0.3, -0.25) is 4.90 Å². The summed E-state index contributed by atoms with van der Waals surface area (Å²) >= 11 is 0. The van der Waals surface area contributed by atoms with Crippen LogP contribution >= 0.6 is 0 Å². The molecule has 0 heterocycles. The molecule has 0 radical (unpaired) electrons. The Morgan fingerprint density at radius 1 is 0.812 bits per heavy atom. The van der Waals surface area contributed by atoms with Crippen molar-refractivity contribution in [1.82, 2.24) is 4.90 Å². The Morgan fingerprint density at radius 3 is 1.62 bits per heavy atom. The molecule has 1 nitrogen and oxygen atoms in total. The summed E-state index contributed by atoms with van der Waals surface area (Å²) < 4.78 is 0. The molecule has 0 N–H and O–H groups in total. The van der Waals surface area contributed by atoms with Gasteiger partial charge >= 0.3 is 0 Å². The molecule has 0 aromatic carbocycles. The third-order valence-corrected chi connectivity index (χ3v) is 4.43. The van der Waals surface area contributed by atoms with E-state index in [2.05, 4.69) is 17.6 Å². The summed E-state index contributed by atoms with van der Waals surface area (Å²) in [5.41, 5.74) is 0. The first-order chi connectivity index (χ1) is 7.92. The molecular weight excluding hydrogens is 194 g/mol. The van der Waals surface area contributed by atoms with Crippen molar-refractivity contribution >= 4 is 0 Å². The SMILES string of the molecule is C=CCN(C1CCCCC1)C1CCCCC1. The summed E-state index contributed by atoms with van der Waals surface area (Å²) in [7, 11) is 0. The van der Waals surface area contributed by atoms with Crippen LogP contribution in [0.3, 0.4) is 0 Å². The van der Waals surface area contributed by atoms with Crippen molar-refractivity contribution in [2.45, 2.75) is 76.3 Å². The summed E-state index contributed by atoms with van der Waals surface area (Å²) in [6, 6.07) is 1.74. The Hall–Kier alpha value is -0.300. The van der Waals surface area contributed by atoms with Crippen LogP contribution in [0.25, 0.3) is 0 Å². The van der Waals surface area contributed by atoms with E-state index < -0.39 is 0 Å². The predicted octanol–water partition coefficient (Wildman–Crippen LogP) is 4.14. The molecule has 0 unspecified atom stereocenters. The third-order valence-electron chi connectivity index (χ3n) is 4.43. The highest BCUT2D eigenvalue weighted by Crippen LogP contribution is 2.29. The lowest BCUT2D eigenvalue weighted by molar-refractivity contribution is 0.0940. The minimum atomic E-state index is 0.870.